The summed E-state index contributed by atoms with van der Waals surface area (Å²) in [7, 11) is 0. The number of aryl methyl sites for hydroxylation is 1. The van der Waals surface area contributed by atoms with Crippen LogP contribution in [-0.2, 0) is 0 Å². The van der Waals surface area contributed by atoms with Crippen molar-refractivity contribution in [2.24, 2.45) is 5.10 Å². The lowest BCUT2D eigenvalue weighted by atomic mass is 10.2. The maximum absolute atomic E-state index is 13.0. The Bertz CT molecular complexity index is 1230. The minimum absolute atomic E-state index is 0.346. The zero-order valence-electron chi connectivity index (χ0n) is 16.1. The SMILES string of the molecule is Cc1cc(C=NNC(=O)c2ccc(F)cc2)c(C)n1-c1ccc2ncccc2c1. The van der Waals surface area contributed by atoms with E-state index in [0.717, 1.165) is 33.5 Å². The molecule has 0 bridgehead atoms. The third kappa shape index (κ3) is 3.78. The number of benzene rings is 2. The molecule has 5 nitrogen and oxygen atoms in total. The summed E-state index contributed by atoms with van der Waals surface area (Å²) >= 11 is 0. The van der Waals surface area contributed by atoms with Gasteiger partial charge < -0.3 is 4.57 Å². The summed E-state index contributed by atoms with van der Waals surface area (Å²) in [6.45, 7) is 4.03. The molecule has 144 valence electrons. The summed E-state index contributed by atoms with van der Waals surface area (Å²) in [6, 6.07) is 17.4. The number of halogens is 1. The number of hydrazone groups is 1. The average molecular weight is 386 g/mol. The molecule has 4 rings (SSSR count). The second-order valence-corrected chi connectivity index (χ2v) is 6.75. The van der Waals surface area contributed by atoms with Crippen molar-refractivity contribution in [3.05, 3.63) is 95.2 Å². The molecule has 0 spiro atoms. The molecular formula is C23H19FN4O. The van der Waals surface area contributed by atoms with E-state index in [4.69, 9.17) is 0 Å². The third-order valence-corrected chi connectivity index (χ3v) is 4.79. The van der Waals surface area contributed by atoms with Crippen LogP contribution in [0.5, 0.6) is 0 Å². The molecule has 1 amide bonds. The molecule has 4 aromatic rings. The van der Waals surface area contributed by atoms with Gasteiger partial charge in [-0.3, -0.25) is 9.78 Å². The molecule has 0 aliphatic carbocycles. The molecule has 0 aliphatic rings. The summed E-state index contributed by atoms with van der Waals surface area (Å²) in [4.78, 5) is 16.5. The molecule has 0 fully saturated rings. The first-order valence-corrected chi connectivity index (χ1v) is 9.16. The van der Waals surface area contributed by atoms with Crippen LogP contribution in [0.2, 0.25) is 0 Å². The lowest BCUT2D eigenvalue weighted by Crippen LogP contribution is -2.17. The topological polar surface area (TPSA) is 59.3 Å². The molecule has 2 aromatic carbocycles. The van der Waals surface area contributed by atoms with Gasteiger partial charge in [0.25, 0.3) is 5.91 Å². The number of carbonyl (C=O) groups is 1. The zero-order valence-corrected chi connectivity index (χ0v) is 16.1. The van der Waals surface area contributed by atoms with E-state index < -0.39 is 5.91 Å². The summed E-state index contributed by atoms with van der Waals surface area (Å²) in [6.07, 6.45) is 3.39. The number of nitrogens with zero attached hydrogens (tertiary/aromatic N) is 3. The van der Waals surface area contributed by atoms with Crippen molar-refractivity contribution in [2.75, 3.05) is 0 Å². The van der Waals surface area contributed by atoms with Gasteiger partial charge in [-0.05, 0) is 68.4 Å². The number of hydrogen-bond donors (Lipinski definition) is 1. The molecule has 1 N–H and O–H groups in total. The fraction of sp³-hybridized carbons (Fsp3) is 0.0870. The van der Waals surface area contributed by atoms with Gasteiger partial charge >= 0.3 is 0 Å². The highest BCUT2D eigenvalue weighted by molar-refractivity contribution is 5.95. The van der Waals surface area contributed by atoms with Gasteiger partial charge in [0.15, 0.2) is 0 Å². The smallest absolute Gasteiger partial charge is 0.271 e. The molecule has 0 atom stereocenters. The van der Waals surface area contributed by atoms with Crippen molar-refractivity contribution in [1.82, 2.24) is 15.0 Å². The molecule has 2 heterocycles. The first-order valence-electron chi connectivity index (χ1n) is 9.16. The van der Waals surface area contributed by atoms with Crippen LogP contribution >= 0.6 is 0 Å². The number of pyridine rings is 1. The fourth-order valence-corrected chi connectivity index (χ4v) is 3.34. The zero-order chi connectivity index (χ0) is 20.4. The molecular weight excluding hydrogens is 367 g/mol. The standard InChI is InChI=1S/C23H19FN4O/c1-15-12-19(14-26-27-23(29)17-5-7-20(24)8-6-17)16(2)28(15)21-9-10-22-18(13-21)4-3-11-25-22/h3-14H,1-2H3,(H,27,29). The largest absolute Gasteiger partial charge is 0.318 e. The van der Waals surface area contributed by atoms with Gasteiger partial charge in [0.1, 0.15) is 5.82 Å². The Morgan fingerprint density at radius 3 is 2.69 bits per heavy atom. The molecule has 0 unspecified atom stereocenters. The minimum atomic E-state index is -0.392. The Kier molecular flexibility index (Phi) is 4.91. The second-order valence-electron chi connectivity index (χ2n) is 6.75. The van der Waals surface area contributed by atoms with Crippen LogP contribution in [0.1, 0.15) is 27.3 Å². The van der Waals surface area contributed by atoms with E-state index in [9.17, 15) is 9.18 Å². The second kappa shape index (κ2) is 7.67. The molecule has 0 radical (unpaired) electrons. The third-order valence-electron chi connectivity index (χ3n) is 4.79. The molecule has 29 heavy (non-hydrogen) atoms. The monoisotopic (exact) mass is 386 g/mol. The van der Waals surface area contributed by atoms with Crippen molar-refractivity contribution >= 4 is 23.0 Å². The first-order chi connectivity index (χ1) is 14.0. The van der Waals surface area contributed by atoms with E-state index in [1.54, 1.807) is 12.4 Å². The Morgan fingerprint density at radius 1 is 1.10 bits per heavy atom. The van der Waals surface area contributed by atoms with Gasteiger partial charge in [-0.1, -0.05) is 6.07 Å². The quantitative estimate of drug-likeness (QED) is 0.413. The van der Waals surface area contributed by atoms with Crippen LogP contribution in [0.3, 0.4) is 0 Å². The predicted octanol–water partition coefficient (Wildman–Crippen LogP) is 4.55. The van der Waals surface area contributed by atoms with Crippen molar-refractivity contribution < 1.29 is 9.18 Å². The maximum Gasteiger partial charge on any atom is 0.271 e. The number of fused-ring (bicyclic) bond motifs is 1. The highest BCUT2D eigenvalue weighted by atomic mass is 19.1. The summed E-state index contributed by atoms with van der Waals surface area (Å²) < 4.78 is 15.1. The average Bonchev–Trinajstić information content (AvgIpc) is 3.01. The van der Waals surface area contributed by atoms with Crippen LogP contribution in [0, 0.1) is 19.7 Å². The highest BCUT2D eigenvalue weighted by Gasteiger charge is 2.10. The molecule has 0 aliphatic heterocycles. The van der Waals surface area contributed by atoms with Crippen molar-refractivity contribution in [1.29, 1.82) is 0 Å². The van der Waals surface area contributed by atoms with E-state index in [0.29, 0.717) is 5.56 Å². The van der Waals surface area contributed by atoms with Gasteiger partial charge in [0.05, 0.1) is 11.7 Å². The van der Waals surface area contributed by atoms with E-state index >= 15 is 0 Å². The van der Waals surface area contributed by atoms with Crippen LogP contribution in [0.15, 0.2) is 72.0 Å². The number of rotatable bonds is 4. The Labute approximate surface area is 167 Å². The van der Waals surface area contributed by atoms with E-state index in [-0.39, 0.29) is 5.82 Å². The van der Waals surface area contributed by atoms with Gasteiger partial charge in [0, 0.05) is 39.8 Å². The normalized spacial score (nSPS) is 11.3. The lowest BCUT2D eigenvalue weighted by molar-refractivity contribution is 0.0955. The first kappa shape index (κ1) is 18.6. The van der Waals surface area contributed by atoms with Crippen LogP contribution in [-0.4, -0.2) is 21.7 Å². The number of nitrogens with one attached hydrogen (secondary N) is 1. The summed E-state index contributed by atoms with van der Waals surface area (Å²) in [5.41, 5.74) is 7.76. The number of aromatic nitrogens is 2. The van der Waals surface area contributed by atoms with E-state index in [2.05, 4.69) is 26.1 Å². The molecule has 2 aromatic heterocycles. The van der Waals surface area contributed by atoms with Crippen molar-refractivity contribution in [3.8, 4) is 5.69 Å². The summed E-state index contributed by atoms with van der Waals surface area (Å²) in [5, 5.41) is 5.13. The number of amides is 1. The summed E-state index contributed by atoms with van der Waals surface area (Å²) in [5.74, 6) is -0.779. The lowest BCUT2D eigenvalue weighted by Gasteiger charge is -2.10. The highest BCUT2D eigenvalue weighted by Crippen LogP contribution is 2.22. The van der Waals surface area contributed by atoms with E-state index in [1.165, 1.54) is 24.3 Å². The van der Waals surface area contributed by atoms with Gasteiger partial charge in [0.2, 0.25) is 0 Å². The Balaban J connectivity index is 1.57. The van der Waals surface area contributed by atoms with Crippen molar-refractivity contribution in [2.45, 2.75) is 13.8 Å². The molecule has 6 heteroatoms. The molecule has 0 saturated carbocycles. The van der Waals surface area contributed by atoms with Gasteiger partial charge in [-0.15, -0.1) is 0 Å². The fourth-order valence-electron chi connectivity index (χ4n) is 3.34. The van der Waals surface area contributed by atoms with Crippen molar-refractivity contribution in [3.63, 3.8) is 0 Å². The van der Waals surface area contributed by atoms with Crippen LogP contribution in [0.25, 0.3) is 16.6 Å². The van der Waals surface area contributed by atoms with Crippen LogP contribution in [0.4, 0.5) is 4.39 Å². The Hall–Kier alpha value is -3.80. The molecule has 0 saturated heterocycles. The van der Waals surface area contributed by atoms with Gasteiger partial charge in [-0.25, -0.2) is 9.82 Å². The Morgan fingerprint density at radius 2 is 1.90 bits per heavy atom. The number of carbonyl (C=O) groups excluding carboxylic acids is 1. The number of hydrogen-bond acceptors (Lipinski definition) is 3. The predicted molar refractivity (Wildman–Crippen MR) is 112 cm³/mol. The maximum atomic E-state index is 13.0. The van der Waals surface area contributed by atoms with Crippen LogP contribution < -0.4 is 5.43 Å². The van der Waals surface area contributed by atoms with Gasteiger partial charge in [-0.2, -0.15) is 5.10 Å². The minimum Gasteiger partial charge on any atom is -0.318 e. The van der Waals surface area contributed by atoms with E-state index in [1.807, 2.05) is 44.2 Å².